The van der Waals surface area contributed by atoms with Crippen LogP contribution in [0.15, 0.2) is 24.7 Å². The van der Waals surface area contributed by atoms with E-state index in [-0.39, 0.29) is 5.75 Å². The smallest absolute Gasteiger partial charge is 0.142 e. The molecule has 0 saturated carbocycles. The number of phenolic OH excluding ortho intramolecular Hbond substituents is 1. The molecule has 0 bridgehead atoms. The second-order valence-corrected chi connectivity index (χ2v) is 2.93. The van der Waals surface area contributed by atoms with Crippen molar-refractivity contribution in [3.05, 3.63) is 30.2 Å². The van der Waals surface area contributed by atoms with Gasteiger partial charge in [0.1, 0.15) is 17.6 Å². The fraction of sp³-hybridized carbons (Fsp3) is 0.200. The van der Waals surface area contributed by atoms with Crippen LogP contribution in [0, 0.1) is 0 Å². The standard InChI is InChI=1S/C10H10N2O/c1-2-7-3-8-5-11-6-12-10(8)9(13)4-7/h3-6,13H,2H2,1H3. The van der Waals surface area contributed by atoms with Crippen molar-refractivity contribution in [1.82, 2.24) is 9.97 Å². The molecular weight excluding hydrogens is 164 g/mol. The van der Waals surface area contributed by atoms with Crippen molar-refractivity contribution in [2.75, 3.05) is 0 Å². The summed E-state index contributed by atoms with van der Waals surface area (Å²) in [7, 11) is 0. The van der Waals surface area contributed by atoms with Crippen LogP contribution in [-0.4, -0.2) is 15.1 Å². The average Bonchev–Trinajstić information content (AvgIpc) is 2.18. The Kier molecular flexibility index (Phi) is 1.85. The number of phenols is 1. The molecule has 13 heavy (non-hydrogen) atoms. The largest absolute Gasteiger partial charge is 0.506 e. The van der Waals surface area contributed by atoms with Crippen molar-refractivity contribution in [3.63, 3.8) is 0 Å². The van der Waals surface area contributed by atoms with Gasteiger partial charge in [-0.3, -0.25) is 0 Å². The first kappa shape index (κ1) is 7.98. The molecule has 0 aliphatic heterocycles. The lowest BCUT2D eigenvalue weighted by molar-refractivity contribution is 0.479. The molecule has 0 aliphatic carbocycles. The molecule has 66 valence electrons. The number of fused-ring (bicyclic) bond motifs is 1. The fourth-order valence-electron chi connectivity index (χ4n) is 1.35. The molecule has 2 aromatic rings. The summed E-state index contributed by atoms with van der Waals surface area (Å²) in [5.74, 6) is 0.233. The first-order chi connectivity index (χ1) is 6.31. The number of hydrogen-bond donors (Lipinski definition) is 1. The van der Waals surface area contributed by atoms with Crippen molar-refractivity contribution in [3.8, 4) is 5.75 Å². The van der Waals surface area contributed by atoms with Crippen LogP contribution in [-0.2, 0) is 6.42 Å². The maximum Gasteiger partial charge on any atom is 0.142 e. The molecule has 0 aliphatic rings. The second kappa shape index (κ2) is 3.01. The fourth-order valence-corrected chi connectivity index (χ4v) is 1.35. The molecule has 1 N–H and O–H groups in total. The van der Waals surface area contributed by atoms with Crippen LogP contribution < -0.4 is 0 Å². The Morgan fingerprint density at radius 2 is 2.23 bits per heavy atom. The van der Waals surface area contributed by atoms with Gasteiger partial charge < -0.3 is 5.11 Å². The molecule has 3 nitrogen and oxygen atoms in total. The summed E-state index contributed by atoms with van der Waals surface area (Å²) in [4.78, 5) is 7.90. The Morgan fingerprint density at radius 3 is 3.00 bits per heavy atom. The number of hydrogen-bond acceptors (Lipinski definition) is 3. The predicted molar refractivity (Wildman–Crippen MR) is 50.6 cm³/mol. The van der Waals surface area contributed by atoms with Gasteiger partial charge in [-0.1, -0.05) is 6.92 Å². The van der Waals surface area contributed by atoms with Gasteiger partial charge >= 0.3 is 0 Å². The van der Waals surface area contributed by atoms with Crippen LogP contribution >= 0.6 is 0 Å². The van der Waals surface area contributed by atoms with Gasteiger partial charge in [0.15, 0.2) is 0 Å². The zero-order chi connectivity index (χ0) is 9.26. The summed E-state index contributed by atoms with van der Waals surface area (Å²) in [6.45, 7) is 2.05. The van der Waals surface area contributed by atoms with Crippen molar-refractivity contribution in [2.45, 2.75) is 13.3 Å². The Bertz CT molecular complexity index is 440. The lowest BCUT2D eigenvalue weighted by Gasteiger charge is -2.02. The molecule has 1 heterocycles. The lowest BCUT2D eigenvalue weighted by Crippen LogP contribution is -1.85. The van der Waals surface area contributed by atoms with Crippen LogP contribution in [0.25, 0.3) is 10.9 Å². The highest BCUT2D eigenvalue weighted by molar-refractivity contribution is 5.84. The minimum atomic E-state index is 0.233. The molecule has 3 heteroatoms. The van der Waals surface area contributed by atoms with Crippen molar-refractivity contribution in [2.24, 2.45) is 0 Å². The Labute approximate surface area is 76.1 Å². The van der Waals surface area contributed by atoms with Gasteiger partial charge in [0, 0.05) is 11.6 Å². The number of benzene rings is 1. The van der Waals surface area contributed by atoms with E-state index in [9.17, 15) is 5.11 Å². The summed E-state index contributed by atoms with van der Waals surface area (Å²) >= 11 is 0. The first-order valence-corrected chi connectivity index (χ1v) is 4.23. The molecule has 0 spiro atoms. The SMILES string of the molecule is CCc1cc(O)c2ncncc2c1. The van der Waals surface area contributed by atoms with Crippen molar-refractivity contribution < 1.29 is 5.11 Å². The van der Waals surface area contributed by atoms with E-state index < -0.39 is 0 Å². The van der Waals surface area contributed by atoms with Gasteiger partial charge in [-0.15, -0.1) is 0 Å². The summed E-state index contributed by atoms with van der Waals surface area (Å²) in [6, 6.07) is 3.74. The third kappa shape index (κ3) is 1.33. The summed E-state index contributed by atoms with van der Waals surface area (Å²) < 4.78 is 0. The monoisotopic (exact) mass is 174 g/mol. The number of aryl methyl sites for hydroxylation is 1. The van der Waals surface area contributed by atoms with Gasteiger partial charge in [0.05, 0.1) is 0 Å². The van der Waals surface area contributed by atoms with E-state index >= 15 is 0 Å². The van der Waals surface area contributed by atoms with Crippen LogP contribution in [0.4, 0.5) is 0 Å². The average molecular weight is 174 g/mol. The van der Waals surface area contributed by atoms with E-state index in [0.29, 0.717) is 5.52 Å². The summed E-state index contributed by atoms with van der Waals surface area (Å²) in [5.41, 5.74) is 1.71. The maximum absolute atomic E-state index is 9.59. The highest BCUT2D eigenvalue weighted by atomic mass is 16.3. The van der Waals surface area contributed by atoms with E-state index in [1.54, 1.807) is 12.3 Å². The minimum absolute atomic E-state index is 0.233. The van der Waals surface area contributed by atoms with E-state index in [4.69, 9.17) is 0 Å². The number of aromatic hydroxyl groups is 1. The highest BCUT2D eigenvalue weighted by Gasteiger charge is 2.02. The van der Waals surface area contributed by atoms with Crippen LogP contribution in [0.5, 0.6) is 5.75 Å². The van der Waals surface area contributed by atoms with E-state index in [1.165, 1.54) is 6.33 Å². The van der Waals surface area contributed by atoms with Gasteiger partial charge in [-0.05, 0) is 24.1 Å². The number of nitrogens with zero attached hydrogens (tertiary/aromatic N) is 2. The third-order valence-electron chi connectivity index (χ3n) is 2.05. The molecule has 0 unspecified atom stereocenters. The van der Waals surface area contributed by atoms with E-state index in [1.807, 2.05) is 13.0 Å². The summed E-state index contributed by atoms with van der Waals surface area (Å²) in [6.07, 6.45) is 4.05. The number of rotatable bonds is 1. The molecule has 0 saturated heterocycles. The molecule has 1 aromatic carbocycles. The quantitative estimate of drug-likeness (QED) is 0.718. The number of aromatic nitrogens is 2. The summed E-state index contributed by atoms with van der Waals surface area (Å²) in [5, 5.41) is 10.5. The minimum Gasteiger partial charge on any atom is -0.506 e. The van der Waals surface area contributed by atoms with Crippen molar-refractivity contribution >= 4 is 10.9 Å². The van der Waals surface area contributed by atoms with Crippen LogP contribution in [0.3, 0.4) is 0 Å². The Hall–Kier alpha value is -1.64. The zero-order valence-electron chi connectivity index (χ0n) is 7.36. The van der Waals surface area contributed by atoms with Crippen molar-refractivity contribution in [1.29, 1.82) is 0 Å². The van der Waals surface area contributed by atoms with E-state index in [2.05, 4.69) is 9.97 Å². The Morgan fingerprint density at radius 1 is 1.38 bits per heavy atom. The highest BCUT2D eigenvalue weighted by Crippen LogP contribution is 2.23. The maximum atomic E-state index is 9.59. The zero-order valence-corrected chi connectivity index (χ0v) is 7.36. The van der Waals surface area contributed by atoms with Gasteiger partial charge in [-0.25, -0.2) is 9.97 Å². The van der Waals surface area contributed by atoms with Gasteiger partial charge in [0.2, 0.25) is 0 Å². The lowest BCUT2D eigenvalue weighted by atomic mass is 10.1. The molecule has 2 rings (SSSR count). The molecule has 0 radical (unpaired) electrons. The Balaban J connectivity index is 2.77. The topological polar surface area (TPSA) is 46.0 Å². The van der Waals surface area contributed by atoms with Gasteiger partial charge in [0.25, 0.3) is 0 Å². The third-order valence-corrected chi connectivity index (χ3v) is 2.05. The molecule has 0 atom stereocenters. The first-order valence-electron chi connectivity index (χ1n) is 4.23. The molecule has 0 fully saturated rings. The van der Waals surface area contributed by atoms with Gasteiger partial charge in [-0.2, -0.15) is 0 Å². The van der Waals surface area contributed by atoms with E-state index in [0.717, 1.165) is 17.4 Å². The molecule has 1 aromatic heterocycles. The molecular formula is C10H10N2O. The normalized spacial score (nSPS) is 10.5. The van der Waals surface area contributed by atoms with Crippen LogP contribution in [0.1, 0.15) is 12.5 Å². The van der Waals surface area contributed by atoms with Crippen LogP contribution in [0.2, 0.25) is 0 Å². The second-order valence-electron chi connectivity index (χ2n) is 2.93. The predicted octanol–water partition coefficient (Wildman–Crippen LogP) is 1.90. The molecule has 0 amide bonds.